The molecule has 2 aliphatic rings. The highest BCUT2D eigenvalue weighted by molar-refractivity contribution is 5.86. The summed E-state index contributed by atoms with van der Waals surface area (Å²) in [6.07, 6.45) is 9.62. The number of aromatic nitrogens is 5. The van der Waals surface area contributed by atoms with Gasteiger partial charge < -0.3 is 25.3 Å². The zero-order chi connectivity index (χ0) is 26.6. The Labute approximate surface area is 224 Å². The lowest BCUT2D eigenvalue weighted by atomic mass is 9.76. The predicted molar refractivity (Wildman–Crippen MR) is 152 cm³/mol. The van der Waals surface area contributed by atoms with Crippen LogP contribution in [0, 0.1) is 11.8 Å². The molecule has 3 aromatic heterocycles. The minimum Gasteiger partial charge on any atom is -0.391 e. The third kappa shape index (κ3) is 4.80. The minimum absolute atomic E-state index is 0.0395. The number of nitrogens with two attached hydrogens (primary N) is 1. The average molecular weight is 516 g/mol. The number of hydrogen-bond acceptors (Lipinski definition) is 6. The number of H-pyrrole nitrogens is 1. The largest absolute Gasteiger partial charge is 0.391 e. The molecule has 202 valence electrons. The second-order valence-corrected chi connectivity index (χ2v) is 12.8. The van der Waals surface area contributed by atoms with E-state index in [0.717, 1.165) is 59.6 Å². The Morgan fingerprint density at radius 1 is 1.11 bits per heavy atom. The zero-order valence-corrected chi connectivity index (χ0v) is 23.1. The lowest BCUT2D eigenvalue weighted by Crippen LogP contribution is -2.44. The maximum Gasteiger partial charge on any atom is 0.145 e. The molecule has 0 spiro atoms. The highest BCUT2D eigenvalue weighted by Crippen LogP contribution is 2.40. The molecule has 38 heavy (non-hydrogen) atoms. The zero-order valence-electron chi connectivity index (χ0n) is 23.1. The van der Waals surface area contributed by atoms with E-state index in [1.54, 1.807) is 0 Å². The number of aromatic amines is 1. The molecule has 8 heteroatoms. The third-order valence-electron chi connectivity index (χ3n) is 9.06. The van der Waals surface area contributed by atoms with Crippen LogP contribution in [0.3, 0.4) is 0 Å². The van der Waals surface area contributed by atoms with Crippen molar-refractivity contribution in [2.45, 2.75) is 82.9 Å². The molecule has 3 heterocycles. The molecule has 0 bridgehead atoms. The quantitative estimate of drug-likeness (QED) is 0.325. The molecule has 6 rings (SSSR count). The van der Waals surface area contributed by atoms with E-state index < -0.39 is 0 Å². The van der Waals surface area contributed by atoms with Gasteiger partial charge in [0.1, 0.15) is 23.6 Å². The van der Waals surface area contributed by atoms with Gasteiger partial charge in [0.15, 0.2) is 0 Å². The number of fused-ring (bicyclic) bond motifs is 2. The van der Waals surface area contributed by atoms with E-state index >= 15 is 0 Å². The van der Waals surface area contributed by atoms with Gasteiger partial charge in [0.2, 0.25) is 0 Å². The van der Waals surface area contributed by atoms with Crippen LogP contribution in [0.5, 0.6) is 0 Å². The number of imidazole rings is 1. The van der Waals surface area contributed by atoms with E-state index in [1.165, 1.54) is 31.2 Å². The maximum absolute atomic E-state index is 10.9. The number of aryl methyl sites for hydroxylation is 1. The molecular weight excluding hydrogens is 474 g/mol. The van der Waals surface area contributed by atoms with Crippen molar-refractivity contribution in [3.05, 3.63) is 48.2 Å². The Morgan fingerprint density at radius 2 is 1.92 bits per heavy atom. The van der Waals surface area contributed by atoms with Crippen molar-refractivity contribution < 1.29 is 5.11 Å². The number of benzene rings is 1. The summed E-state index contributed by atoms with van der Waals surface area (Å²) >= 11 is 0. The van der Waals surface area contributed by atoms with Crippen LogP contribution in [0.1, 0.15) is 70.3 Å². The van der Waals surface area contributed by atoms with Gasteiger partial charge in [-0.2, -0.15) is 0 Å². The van der Waals surface area contributed by atoms with Crippen molar-refractivity contribution >= 4 is 27.9 Å². The van der Waals surface area contributed by atoms with Crippen LogP contribution in [-0.4, -0.2) is 60.2 Å². The molecular formula is C30H41N7O. The van der Waals surface area contributed by atoms with Gasteiger partial charge >= 0.3 is 0 Å². The number of hydrogen-bond donors (Lipinski definition) is 3. The highest BCUT2D eigenvalue weighted by Gasteiger charge is 2.38. The van der Waals surface area contributed by atoms with Gasteiger partial charge in [-0.3, -0.25) is 0 Å². The van der Waals surface area contributed by atoms with Crippen LogP contribution in [0.4, 0.5) is 5.82 Å². The van der Waals surface area contributed by atoms with E-state index in [1.807, 2.05) is 12.3 Å². The Kier molecular flexibility index (Phi) is 6.43. The van der Waals surface area contributed by atoms with Crippen molar-refractivity contribution in [2.24, 2.45) is 11.8 Å². The number of nitrogen functional groups attached to an aromatic ring is 1. The predicted octanol–water partition coefficient (Wildman–Crippen LogP) is 4.84. The molecule has 2 fully saturated rings. The number of rotatable bonds is 7. The Balaban J connectivity index is 0.990. The molecule has 8 nitrogen and oxygen atoms in total. The molecule has 4 N–H and O–H groups in total. The second-order valence-electron chi connectivity index (χ2n) is 12.8. The SMILES string of the molecule is CN(C[C@@H]1C[C@@H](O)[C@H](n2ccc3c(N)ncnc32)C1)C1CC(CCc2nc3cc(C(C)(C)C)ccc3[nH]2)C1. The molecule has 2 saturated carbocycles. The van der Waals surface area contributed by atoms with Crippen LogP contribution in [0.2, 0.25) is 0 Å². The summed E-state index contributed by atoms with van der Waals surface area (Å²) < 4.78 is 2.10. The fraction of sp³-hybridized carbons (Fsp3) is 0.567. The average Bonchev–Trinajstić information content (AvgIpc) is 3.53. The van der Waals surface area contributed by atoms with E-state index in [0.29, 0.717) is 17.8 Å². The molecule has 0 unspecified atom stereocenters. The summed E-state index contributed by atoms with van der Waals surface area (Å²) in [5.41, 5.74) is 10.5. The molecule has 0 aliphatic heterocycles. The maximum atomic E-state index is 10.9. The molecule has 0 radical (unpaired) electrons. The van der Waals surface area contributed by atoms with E-state index in [4.69, 9.17) is 10.7 Å². The van der Waals surface area contributed by atoms with Crippen molar-refractivity contribution in [3.8, 4) is 0 Å². The lowest BCUT2D eigenvalue weighted by Gasteiger charge is -2.42. The van der Waals surface area contributed by atoms with Gasteiger partial charge in [0.05, 0.1) is 28.6 Å². The van der Waals surface area contributed by atoms with Crippen LogP contribution in [0.15, 0.2) is 36.8 Å². The fourth-order valence-corrected chi connectivity index (χ4v) is 6.64. The molecule has 0 amide bonds. The van der Waals surface area contributed by atoms with Crippen LogP contribution in [0.25, 0.3) is 22.1 Å². The topological polar surface area (TPSA) is 109 Å². The first-order valence-electron chi connectivity index (χ1n) is 14.1. The van der Waals surface area contributed by atoms with Gasteiger partial charge in [0.25, 0.3) is 0 Å². The first-order chi connectivity index (χ1) is 18.2. The molecule has 2 aliphatic carbocycles. The van der Waals surface area contributed by atoms with Crippen molar-refractivity contribution in [1.29, 1.82) is 0 Å². The van der Waals surface area contributed by atoms with Gasteiger partial charge in [-0.25, -0.2) is 15.0 Å². The smallest absolute Gasteiger partial charge is 0.145 e. The normalized spacial score (nSPS) is 26.0. The summed E-state index contributed by atoms with van der Waals surface area (Å²) in [4.78, 5) is 19.5. The number of nitrogens with one attached hydrogen (secondary N) is 1. The monoisotopic (exact) mass is 515 g/mol. The summed E-state index contributed by atoms with van der Waals surface area (Å²) in [5.74, 6) is 2.84. The summed E-state index contributed by atoms with van der Waals surface area (Å²) in [6, 6.07) is 9.26. The van der Waals surface area contributed by atoms with Crippen molar-refractivity contribution in [2.75, 3.05) is 19.3 Å². The van der Waals surface area contributed by atoms with Crippen molar-refractivity contribution in [1.82, 2.24) is 29.4 Å². The Morgan fingerprint density at radius 3 is 2.71 bits per heavy atom. The fourth-order valence-electron chi connectivity index (χ4n) is 6.64. The Bertz CT molecular complexity index is 1430. The first kappa shape index (κ1) is 25.3. The molecule has 4 aromatic rings. The first-order valence-corrected chi connectivity index (χ1v) is 14.1. The van der Waals surface area contributed by atoms with Gasteiger partial charge in [0, 0.05) is 25.2 Å². The number of aliphatic hydroxyl groups excluding tert-OH is 1. The molecule has 0 saturated heterocycles. The summed E-state index contributed by atoms with van der Waals surface area (Å²) in [6.45, 7) is 7.76. The van der Waals surface area contributed by atoms with Gasteiger partial charge in [-0.15, -0.1) is 0 Å². The van der Waals surface area contributed by atoms with Gasteiger partial charge in [-0.05, 0) is 80.2 Å². The van der Waals surface area contributed by atoms with Crippen LogP contribution in [-0.2, 0) is 11.8 Å². The van der Waals surface area contributed by atoms with Crippen LogP contribution >= 0.6 is 0 Å². The van der Waals surface area contributed by atoms with E-state index in [9.17, 15) is 5.11 Å². The highest BCUT2D eigenvalue weighted by atomic mass is 16.3. The van der Waals surface area contributed by atoms with E-state index in [-0.39, 0.29) is 17.6 Å². The summed E-state index contributed by atoms with van der Waals surface area (Å²) in [5, 5.41) is 11.7. The summed E-state index contributed by atoms with van der Waals surface area (Å²) in [7, 11) is 2.26. The Hall–Kier alpha value is -2.97. The van der Waals surface area contributed by atoms with Crippen LogP contribution < -0.4 is 5.73 Å². The number of anilines is 1. The number of aliphatic hydroxyl groups is 1. The minimum atomic E-state index is -0.363. The number of nitrogens with zero attached hydrogens (tertiary/aromatic N) is 5. The molecule has 3 atom stereocenters. The molecule has 1 aromatic carbocycles. The van der Waals surface area contributed by atoms with E-state index in [2.05, 4.69) is 70.4 Å². The van der Waals surface area contributed by atoms with Crippen molar-refractivity contribution in [3.63, 3.8) is 0 Å². The standard InChI is InChI=1S/C30H41N7O/c1-30(2,3)20-6-7-23-24(15-20)35-27(34-23)8-5-18-11-21(12-18)36(4)16-19-13-25(26(38)14-19)37-10-9-22-28(31)32-17-33-29(22)37/h6-7,9-10,15,17-19,21,25-26,38H,5,8,11-14,16H2,1-4H3,(H,34,35)(H2,31,32,33)/t18?,19-,21?,25+,26+/m0/s1. The third-order valence-corrected chi connectivity index (χ3v) is 9.06. The second kappa shape index (κ2) is 9.65. The van der Waals surface area contributed by atoms with Gasteiger partial charge in [-0.1, -0.05) is 26.8 Å². The lowest BCUT2D eigenvalue weighted by molar-refractivity contribution is 0.0803.